The number of hydrogen-bond donors (Lipinski definition) is 1. The quantitative estimate of drug-likeness (QED) is 0.677. The van der Waals surface area contributed by atoms with Gasteiger partial charge in [0.1, 0.15) is 5.69 Å². The Morgan fingerprint density at radius 1 is 1.43 bits per heavy atom. The van der Waals surface area contributed by atoms with Gasteiger partial charge in [-0.05, 0) is 25.8 Å². The molecule has 0 radical (unpaired) electrons. The van der Waals surface area contributed by atoms with Crippen LogP contribution in [0.5, 0.6) is 0 Å². The molecule has 1 aromatic heterocycles. The molecule has 1 aliphatic rings. The first kappa shape index (κ1) is 13.6. The van der Waals surface area contributed by atoms with Gasteiger partial charge in [-0.25, -0.2) is 4.68 Å². The van der Waals surface area contributed by atoms with Crippen LogP contribution in [0.25, 0.3) is 0 Å². The monoisotopic (exact) mass is 286 g/mol. The summed E-state index contributed by atoms with van der Waals surface area (Å²) in [6.45, 7) is 4.22. The molecule has 1 saturated carbocycles. The molecule has 1 aromatic carbocycles. The van der Waals surface area contributed by atoms with Crippen LogP contribution in [0.15, 0.2) is 30.3 Å². The maximum Gasteiger partial charge on any atom is 0.333 e. The van der Waals surface area contributed by atoms with Crippen molar-refractivity contribution < 1.29 is 4.92 Å². The number of benzene rings is 1. The number of aromatic nitrogens is 2. The van der Waals surface area contributed by atoms with Crippen molar-refractivity contribution in [2.45, 2.75) is 38.8 Å². The summed E-state index contributed by atoms with van der Waals surface area (Å²) >= 11 is 0. The van der Waals surface area contributed by atoms with Gasteiger partial charge < -0.3 is 5.32 Å². The van der Waals surface area contributed by atoms with Gasteiger partial charge in [-0.1, -0.05) is 30.3 Å². The lowest BCUT2D eigenvalue weighted by Crippen LogP contribution is -2.11. The van der Waals surface area contributed by atoms with Crippen LogP contribution in [-0.2, 0) is 6.54 Å². The number of hydrogen-bond acceptors (Lipinski definition) is 4. The summed E-state index contributed by atoms with van der Waals surface area (Å²) in [4.78, 5) is 10.9. The molecule has 110 valence electrons. The molecule has 0 spiro atoms. The van der Waals surface area contributed by atoms with Crippen LogP contribution >= 0.6 is 0 Å². The fourth-order valence-electron chi connectivity index (χ4n) is 2.76. The normalized spacial score (nSPS) is 20.3. The van der Waals surface area contributed by atoms with E-state index in [9.17, 15) is 10.1 Å². The highest BCUT2D eigenvalue weighted by atomic mass is 16.6. The lowest BCUT2D eigenvalue weighted by molar-refractivity contribution is -0.384. The highest BCUT2D eigenvalue weighted by Crippen LogP contribution is 2.44. The summed E-state index contributed by atoms with van der Waals surface area (Å²) in [5, 5.41) is 18.8. The van der Waals surface area contributed by atoms with Crippen LogP contribution in [0.3, 0.4) is 0 Å². The zero-order valence-corrected chi connectivity index (χ0v) is 12.1. The Hall–Kier alpha value is -2.37. The van der Waals surface area contributed by atoms with Gasteiger partial charge in [0.2, 0.25) is 5.82 Å². The van der Waals surface area contributed by atoms with E-state index in [1.54, 1.807) is 11.6 Å². The van der Waals surface area contributed by atoms with E-state index in [1.807, 2.05) is 25.1 Å². The minimum atomic E-state index is -0.350. The molecule has 2 atom stereocenters. The summed E-state index contributed by atoms with van der Waals surface area (Å²) in [6.07, 6.45) is 0.995. The van der Waals surface area contributed by atoms with Crippen molar-refractivity contribution in [1.82, 2.24) is 9.78 Å². The molecule has 2 unspecified atom stereocenters. The van der Waals surface area contributed by atoms with Crippen molar-refractivity contribution in [2.24, 2.45) is 0 Å². The third-order valence-corrected chi connectivity index (χ3v) is 3.92. The second kappa shape index (κ2) is 5.20. The van der Waals surface area contributed by atoms with Crippen LogP contribution in [0, 0.1) is 17.0 Å². The Morgan fingerprint density at radius 2 is 2.14 bits per heavy atom. The van der Waals surface area contributed by atoms with Crippen molar-refractivity contribution in [3.63, 3.8) is 0 Å². The number of rotatable bonds is 5. The second-order valence-corrected chi connectivity index (χ2v) is 5.36. The van der Waals surface area contributed by atoms with Gasteiger partial charge in [0.25, 0.3) is 0 Å². The van der Waals surface area contributed by atoms with E-state index in [-0.39, 0.29) is 16.7 Å². The van der Waals surface area contributed by atoms with E-state index in [1.165, 1.54) is 5.56 Å². The average molecular weight is 286 g/mol. The second-order valence-electron chi connectivity index (χ2n) is 5.36. The Labute approximate surface area is 122 Å². The molecule has 1 fully saturated rings. The average Bonchev–Trinajstić information content (AvgIpc) is 3.16. The van der Waals surface area contributed by atoms with Crippen LogP contribution < -0.4 is 5.32 Å². The van der Waals surface area contributed by atoms with Crippen molar-refractivity contribution in [1.29, 1.82) is 0 Å². The van der Waals surface area contributed by atoms with Crippen LogP contribution in [-0.4, -0.2) is 20.7 Å². The van der Waals surface area contributed by atoms with Gasteiger partial charge in [0, 0.05) is 18.5 Å². The van der Waals surface area contributed by atoms with Gasteiger partial charge in [0.05, 0.1) is 4.92 Å². The molecular formula is C15H18N4O2. The maximum absolute atomic E-state index is 11.2. The van der Waals surface area contributed by atoms with E-state index in [0.29, 0.717) is 24.0 Å². The fraction of sp³-hybridized carbons (Fsp3) is 0.400. The van der Waals surface area contributed by atoms with Gasteiger partial charge in [-0.3, -0.25) is 10.1 Å². The van der Waals surface area contributed by atoms with Crippen LogP contribution in [0.2, 0.25) is 0 Å². The first-order chi connectivity index (χ1) is 10.1. The predicted octanol–water partition coefficient (Wildman–Crippen LogP) is 3.09. The van der Waals surface area contributed by atoms with Crippen LogP contribution in [0.4, 0.5) is 11.5 Å². The summed E-state index contributed by atoms with van der Waals surface area (Å²) < 4.78 is 1.67. The standard InChI is InChI=1S/C15H18N4O2/c1-3-18-15(14(19(20)21)10(2)17-18)16-13-9-12(13)11-7-5-4-6-8-11/h4-8,12-13,16H,3,9H2,1-2H3. The number of aryl methyl sites for hydroxylation is 2. The fourth-order valence-corrected chi connectivity index (χ4v) is 2.76. The highest BCUT2D eigenvalue weighted by Gasteiger charge is 2.40. The zero-order chi connectivity index (χ0) is 15.0. The van der Waals surface area contributed by atoms with Crippen molar-refractivity contribution in [2.75, 3.05) is 5.32 Å². The predicted molar refractivity (Wildman–Crippen MR) is 80.5 cm³/mol. The van der Waals surface area contributed by atoms with Crippen molar-refractivity contribution >= 4 is 11.5 Å². The lowest BCUT2D eigenvalue weighted by atomic mass is 10.1. The van der Waals surface area contributed by atoms with E-state index in [4.69, 9.17) is 0 Å². The molecule has 1 aliphatic carbocycles. The molecule has 2 aromatic rings. The van der Waals surface area contributed by atoms with Gasteiger partial charge >= 0.3 is 5.69 Å². The topological polar surface area (TPSA) is 73.0 Å². The van der Waals surface area contributed by atoms with Crippen molar-refractivity contribution in [3.05, 3.63) is 51.7 Å². The minimum Gasteiger partial charge on any atom is -0.361 e. The molecule has 6 heteroatoms. The Morgan fingerprint density at radius 3 is 2.76 bits per heavy atom. The molecule has 3 rings (SSSR count). The third-order valence-electron chi connectivity index (χ3n) is 3.92. The Kier molecular flexibility index (Phi) is 3.37. The van der Waals surface area contributed by atoms with Gasteiger partial charge in [-0.15, -0.1) is 0 Å². The number of nitro groups is 1. The summed E-state index contributed by atoms with van der Waals surface area (Å²) in [5.41, 5.74) is 1.83. The summed E-state index contributed by atoms with van der Waals surface area (Å²) in [6, 6.07) is 10.5. The number of nitrogens with zero attached hydrogens (tertiary/aromatic N) is 3. The van der Waals surface area contributed by atoms with E-state index in [0.717, 1.165) is 6.42 Å². The first-order valence-electron chi connectivity index (χ1n) is 7.15. The lowest BCUT2D eigenvalue weighted by Gasteiger charge is -2.07. The van der Waals surface area contributed by atoms with Gasteiger partial charge in [-0.2, -0.15) is 5.10 Å². The van der Waals surface area contributed by atoms with E-state index >= 15 is 0 Å². The van der Waals surface area contributed by atoms with Crippen LogP contribution in [0.1, 0.15) is 30.5 Å². The molecule has 1 heterocycles. The number of nitrogens with one attached hydrogen (secondary N) is 1. The molecule has 21 heavy (non-hydrogen) atoms. The maximum atomic E-state index is 11.2. The highest BCUT2D eigenvalue weighted by molar-refractivity contribution is 5.61. The summed E-state index contributed by atoms with van der Waals surface area (Å²) in [5.74, 6) is 0.953. The van der Waals surface area contributed by atoms with E-state index < -0.39 is 0 Å². The third kappa shape index (κ3) is 2.49. The zero-order valence-electron chi connectivity index (χ0n) is 12.1. The van der Waals surface area contributed by atoms with E-state index in [2.05, 4.69) is 22.5 Å². The molecule has 6 nitrogen and oxygen atoms in total. The molecular weight excluding hydrogens is 268 g/mol. The Bertz CT molecular complexity index is 666. The molecule has 0 saturated heterocycles. The first-order valence-corrected chi connectivity index (χ1v) is 7.15. The minimum absolute atomic E-state index is 0.0931. The number of anilines is 1. The molecule has 0 amide bonds. The molecule has 0 bridgehead atoms. The smallest absolute Gasteiger partial charge is 0.333 e. The SMILES string of the molecule is CCn1nc(C)c([N+](=O)[O-])c1NC1CC1c1ccccc1. The van der Waals surface area contributed by atoms with Crippen molar-refractivity contribution in [3.8, 4) is 0 Å². The van der Waals surface area contributed by atoms with Gasteiger partial charge in [0.15, 0.2) is 0 Å². The summed E-state index contributed by atoms with van der Waals surface area (Å²) in [7, 11) is 0. The largest absolute Gasteiger partial charge is 0.361 e. The Balaban J connectivity index is 1.82. The molecule has 0 aliphatic heterocycles. The molecule has 1 N–H and O–H groups in total.